The van der Waals surface area contributed by atoms with E-state index in [4.69, 9.17) is 25.6 Å². The van der Waals surface area contributed by atoms with Crippen LogP contribution in [0.1, 0.15) is 30.0 Å². The summed E-state index contributed by atoms with van der Waals surface area (Å²) in [4.78, 5) is 0. The number of hydrogen-bond donors (Lipinski definition) is 3. The highest BCUT2D eigenvalue weighted by Crippen LogP contribution is 2.35. The molecule has 0 spiro atoms. The van der Waals surface area contributed by atoms with Crippen molar-refractivity contribution in [3.63, 3.8) is 0 Å². The van der Waals surface area contributed by atoms with Crippen molar-refractivity contribution in [2.45, 2.75) is 56.1 Å². The first-order chi connectivity index (χ1) is 17.7. The molecule has 1 aliphatic rings. The number of methoxy groups -OCH3 is 1. The van der Waals surface area contributed by atoms with Gasteiger partial charge in [0.2, 0.25) is 0 Å². The number of benzene rings is 1. The molecule has 3 heterocycles. The highest BCUT2D eigenvalue weighted by atomic mass is 35.5. The van der Waals surface area contributed by atoms with Crippen LogP contribution in [0.4, 0.5) is 8.78 Å². The maximum absolute atomic E-state index is 14.6. The Kier molecular flexibility index (Phi) is 8.26. The van der Waals surface area contributed by atoms with E-state index in [9.17, 15) is 24.1 Å². The van der Waals surface area contributed by atoms with Crippen LogP contribution in [0.15, 0.2) is 28.9 Å². The van der Waals surface area contributed by atoms with Crippen LogP contribution in [0.2, 0.25) is 0 Å². The van der Waals surface area contributed by atoms with Crippen LogP contribution in [0.25, 0.3) is 11.3 Å². The quantitative estimate of drug-likeness (QED) is 0.346. The minimum atomic E-state index is -1.26. The lowest BCUT2D eigenvalue weighted by Crippen LogP contribution is -2.57. The third-order valence-corrected chi connectivity index (χ3v) is 7.42. The number of halogens is 3. The first-order valence-electron chi connectivity index (χ1n) is 11.6. The number of aliphatic hydroxyl groups excluding tert-OH is 3. The molecule has 0 bridgehead atoms. The van der Waals surface area contributed by atoms with Crippen LogP contribution in [0.3, 0.4) is 0 Å². The predicted molar refractivity (Wildman–Crippen MR) is 127 cm³/mol. The van der Waals surface area contributed by atoms with Crippen LogP contribution < -0.4 is 0 Å². The molecule has 13 heteroatoms. The summed E-state index contributed by atoms with van der Waals surface area (Å²) in [5.41, 5.74) is -0.200. The molecule has 1 aliphatic heterocycles. The molecule has 1 aromatic carbocycles. The molecule has 4 rings (SSSR count). The molecular formula is C24H29ClF2N4O6. The molecule has 3 aromatic rings. The summed E-state index contributed by atoms with van der Waals surface area (Å²) in [5.74, 6) is -1.50. The van der Waals surface area contributed by atoms with Gasteiger partial charge in [-0.25, -0.2) is 13.5 Å². The van der Waals surface area contributed by atoms with Crippen molar-refractivity contribution in [1.29, 1.82) is 0 Å². The van der Waals surface area contributed by atoms with Gasteiger partial charge >= 0.3 is 0 Å². The number of aryl methyl sites for hydroxylation is 1. The van der Waals surface area contributed by atoms with Gasteiger partial charge in [0.05, 0.1) is 31.2 Å². The summed E-state index contributed by atoms with van der Waals surface area (Å²) in [5, 5.41) is 42.6. The van der Waals surface area contributed by atoms with Crippen LogP contribution in [-0.4, -0.2) is 86.1 Å². The molecule has 0 saturated carbocycles. The molecule has 0 radical (unpaired) electrons. The van der Waals surface area contributed by atoms with Crippen molar-refractivity contribution < 1.29 is 38.1 Å². The van der Waals surface area contributed by atoms with Gasteiger partial charge in [-0.15, -0.1) is 16.7 Å². The zero-order valence-corrected chi connectivity index (χ0v) is 21.3. The van der Waals surface area contributed by atoms with Gasteiger partial charge in [-0.05, 0) is 18.6 Å². The lowest BCUT2D eigenvalue weighted by Gasteiger charge is -2.43. The smallest absolute Gasteiger partial charge is 0.168 e. The molecular weight excluding hydrogens is 514 g/mol. The second-order valence-electron chi connectivity index (χ2n) is 9.45. The second kappa shape index (κ2) is 11.1. The molecule has 0 aliphatic carbocycles. The maximum Gasteiger partial charge on any atom is 0.168 e. The van der Waals surface area contributed by atoms with Gasteiger partial charge < -0.3 is 29.3 Å². The van der Waals surface area contributed by atoms with Crippen LogP contribution in [0, 0.1) is 18.6 Å². The number of rotatable bonds is 9. The average molecular weight is 543 g/mol. The number of aliphatic hydroxyl groups is 3. The lowest BCUT2D eigenvalue weighted by molar-refractivity contribution is -0.212. The van der Waals surface area contributed by atoms with Gasteiger partial charge in [0.15, 0.2) is 11.6 Å². The molecule has 1 unspecified atom stereocenters. The molecule has 6 atom stereocenters. The van der Waals surface area contributed by atoms with E-state index in [1.807, 2.05) is 0 Å². The van der Waals surface area contributed by atoms with Crippen molar-refractivity contribution in [2.24, 2.45) is 0 Å². The largest absolute Gasteiger partial charge is 0.395 e. The summed E-state index contributed by atoms with van der Waals surface area (Å²) in [6, 6.07) is 3.60. The molecule has 3 N–H and O–H groups in total. The minimum Gasteiger partial charge on any atom is -0.395 e. The van der Waals surface area contributed by atoms with Gasteiger partial charge in [-0.3, -0.25) is 0 Å². The normalized spacial score (nSPS) is 25.8. The number of ether oxygens (including phenoxy) is 2. The zero-order valence-electron chi connectivity index (χ0n) is 20.5. The summed E-state index contributed by atoms with van der Waals surface area (Å²) in [6.45, 7) is 2.47. The van der Waals surface area contributed by atoms with E-state index in [2.05, 4.69) is 15.5 Å². The van der Waals surface area contributed by atoms with Gasteiger partial charge in [0, 0.05) is 36.5 Å². The first kappa shape index (κ1) is 27.6. The van der Waals surface area contributed by atoms with E-state index < -0.39 is 54.1 Å². The van der Waals surface area contributed by atoms with Gasteiger partial charge in [0.25, 0.3) is 0 Å². The monoisotopic (exact) mass is 542 g/mol. The van der Waals surface area contributed by atoms with Crippen LogP contribution in [-0.2, 0) is 21.3 Å². The van der Waals surface area contributed by atoms with Crippen molar-refractivity contribution in [3.05, 3.63) is 53.0 Å². The molecule has 0 amide bonds. The Labute approximate surface area is 216 Å². The Balaban J connectivity index is 1.64. The van der Waals surface area contributed by atoms with Crippen LogP contribution in [0.5, 0.6) is 0 Å². The Hall–Kier alpha value is -2.48. The van der Waals surface area contributed by atoms with E-state index in [0.29, 0.717) is 11.5 Å². The topological polar surface area (TPSA) is 136 Å². The fourth-order valence-electron chi connectivity index (χ4n) is 4.40. The second-order valence-corrected chi connectivity index (χ2v) is 9.72. The minimum absolute atomic E-state index is 0.0614. The molecule has 2 aromatic heterocycles. The highest BCUT2D eigenvalue weighted by molar-refractivity contribution is 6.18. The highest BCUT2D eigenvalue weighted by Gasteiger charge is 2.47. The number of nitrogens with zero attached hydrogens (tertiary/aromatic N) is 4. The fourth-order valence-corrected chi connectivity index (χ4v) is 4.62. The van der Waals surface area contributed by atoms with E-state index in [1.165, 1.54) is 37.0 Å². The average Bonchev–Trinajstić information content (AvgIpc) is 3.58. The Morgan fingerprint density at radius 3 is 2.62 bits per heavy atom. The molecule has 202 valence electrons. The van der Waals surface area contributed by atoms with E-state index in [1.54, 1.807) is 13.0 Å². The predicted octanol–water partition coefficient (Wildman–Crippen LogP) is 1.93. The fraction of sp³-hybridized carbons (Fsp3) is 0.542. The van der Waals surface area contributed by atoms with Crippen molar-refractivity contribution in [1.82, 2.24) is 20.2 Å². The molecule has 37 heavy (non-hydrogen) atoms. The Bertz CT molecular complexity index is 1220. The van der Waals surface area contributed by atoms with Crippen molar-refractivity contribution >= 4 is 11.6 Å². The summed E-state index contributed by atoms with van der Waals surface area (Å²) < 4.78 is 47.0. The molecule has 1 saturated heterocycles. The first-order valence-corrected chi connectivity index (χ1v) is 12.2. The third kappa shape index (κ3) is 5.14. The lowest BCUT2D eigenvalue weighted by atomic mass is 9.88. The Morgan fingerprint density at radius 1 is 1.22 bits per heavy atom. The van der Waals surface area contributed by atoms with E-state index in [-0.39, 0.29) is 35.7 Å². The zero-order chi connectivity index (χ0) is 26.9. The standard InChI is InChI=1S/C24H29ClF2N4O6/c1-12-4-5-14(20(27)19(12)26)15-8-31(30-28-15)21-22(34)17(9-32)36-16(23(21)35-3)6-13-7-18(29-37-13)24(2,10-25)11-33/h4-5,7-8,16-17,21-23,32-34H,6,9-11H2,1-3H3/t16-,17-,21+,22+,23+,24?/m1/s1. The molecule has 1 fully saturated rings. The summed E-state index contributed by atoms with van der Waals surface area (Å²) in [6.07, 6.45) is -2.28. The summed E-state index contributed by atoms with van der Waals surface area (Å²) >= 11 is 6.00. The maximum atomic E-state index is 14.6. The van der Waals surface area contributed by atoms with Crippen molar-refractivity contribution in [2.75, 3.05) is 26.2 Å². The summed E-state index contributed by atoms with van der Waals surface area (Å²) in [7, 11) is 1.43. The van der Waals surface area contributed by atoms with E-state index in [0.717, 1.165) is 0 Å². The van der Waals surface area contributed by atoms with Gasteiger partial charge in [0.1, 0.15) is 35.8 Å². The third-order valence-electron chi connectivity index (χ3n) is 6.83. The van der Waals surface area contributed by atoms with E-state index >= 15 is 0 Å². The van der Waals surface area contributed by atoms with Crippen molar-refractivity contribution in [3.8, 4) is 11.3 Å². The van der Waals surface area contributed by atoms with Crippen LogP contribution >= 0.6 is 11.6 Å². The number of aromatic nitrogens is 4. The number of hydrogen-bond acceptors (Lipinski definition) is 9. The Morgan fingerprint density at radius 2 is 1.97 bits per heavy atom. The van der Waals surface area contributed by atoms with Gasteiger partial charge in [-0.2, -0.15) is 0 Å². The van der Waals surface area contributed by atoms with Gasteiger partial charge in [-0.1, -0.05) is 23.4 Å². The SMILES string of the molecule is CO[C@@H]1[C@@H](n2cc(-c3ccc(C)c(F)c3F)nn2)[C@@H](O)[C@@H](CO)O[C@@H]1Cc1cc(C(C)(CO)CCl)no1. The molecule has 10 nitrogen and oxygen atoms in total. The number of alkyl halides is 1.